The second-order valence-corrected chi connectivity index (χ2v) is 8.80. The predicted octanol–water partition coefficient (Wildman–Crippen LogP) is 3.52. The van der Waals surface area contributed by atoms with Crippen LogP contribution in [-0.2, 0) is 16.1 Å². The number of hydrogen-bond acceptors (Lipinski definition) is 4. The summed E-state index contributed by atoms with van der Waals surface area (Å²) in [5, 5.41) is 3.27. The van der Waals surface area contributed by atoms with E-state index in [0.717, 1.165) is 55.7 Å². The molecule has 2 fully saturated rings. The van der Waals surface area contributed by atoms with Crippen LogP contribution in [0.5, 0.6) is 5.75 Å². The molecule has 0 spiro atoms. The largest absolute Gasteiger partial charge is 0.497 e. The van der Waals surface area contributed by atoms with E-state index in [1.165, 1.54) is 25.7 Å². The van der Waals surface area contributed by atoms with Gasteiger partial charge in [-0.1, -0.05) is 25.0 Å². The van der Waals surface area contributed by atoms with Crippen LogP contribution in [-0.4, -0.2) is 75.2 Å². The average molecular weight is 559 g/mol. The number of ether oxygens (including phenoxy) is 2. The maximum atomic E-state index is 12.1. The molecule has 3 rings (SSSR count). The van der Waals surface area contributed by atoms with Crippen LogP contribution in [0.4, 0.5) is 0 Å². The number of rotatable bonds is 8. The van der Waals surface area contributed by atoms with Gasteiger partial charge in [0.25, 0.3) is 0 Å². The van der Waals surface area contributed by atoms with Gasteiger partial charge in [0.15, 0.2) is 5.96 Å². The van der Waals surface area contributed by atoms with Gasteiger partial charge in [0, 0.05) is 33.8 Å². The van der Waals surface area contributed by atoms with E-state index in [1.54, 1.807) is 26.1 Å². The smallest absolute Gasteiger partial charge is 0.241 e. The van der Waals surface area contributed by atoms with E-state index in [2.05, 4.69) is 10.2 Å². The molecule has 0 aromatic heterocycles. The zero-order valence-corrected chi connectivity index (χ0v) is 22.0. The Labute approximate surface area is 209 Å². The first-order valence-electron chi connectivity index (χ1n) is 11.5. The first-order chi connectivity index (χ1) is 15.0. The van der Waals surface area contributed by atoms with E-state index in [0.29, 0.717) is 12.6 Å². The average Bonchev–Trinajstić information content (AvgIpc) is 3.32. The Morgan fingerprint density at radius 1 is 1.12 bits per heavy atom. The molecule has 1 heterocycles. The summed E-state index contributed by atoms with van der Waals surface area (Å²) >= 11 is 0. The predicted molar refractivity (Wildman–Crippen MR) is 139 cm³/mol. The number of halogens is 1. The van der Waals surface area contributed by atoms with E-state index in [1.807, 2.05) is 24.3 Å². The summed E-state index contributed by atoms with van der Waals surface area (Å²) in [5.74, 6) is 2.42. The topological polar surface area (TPSA) is 66.4 Å². The summed E-state index contributed by atoms with van der Waals surface area (Å²) in [5.41, 5.74) is 1.11. The molecule has 0 radical (unpaired) electrons. The van der Waals surface area contributed by atoms with Gasteiger partial charge in [0.05, 0.1) is 26.3 Å². The fraction of sp³-hybridized carbons (Fsp3) is 0.667. The zero-order valence-electron chi connectivity index (χ0n) is 19.7. The molecule has 0 unspecified atom stereocenters. The van der Waals surface area contributed by atoms with Gasteiger partial charge >= 0.3 is 0 Å². The minimum absolute atomic E-state index is 0. The van der Waals surface area contributed by atoms with Gasteiger partial charge in [0.2, 0.25) is 5.91 Å². The van der Waals surface area contributed by atoms with Crippen molar-refractivity contribution in [2.24, 2.45) is 10.9 Å². The fourth-order valence-corrected chi connectivity index (χ4v) is 4.16. The third-order valence-corrected chi connectivity index (χ3v) is 6.25. The van der Waals surface area contributed by atoms with Crippen LogP contribution < -0.4 is 10.1 Å². The summed E-state index contributed by atoms with van der Waals surface area (Å²) < 4.78 is 11.4. The van der Waals surface area contributed by atoms with Crippen molar-refractivity contribution < 1.29 is 14.3 Å². The highest BCUT2D eigenvalue weighted by molar-refractivity contribution is 14.0. The van der Waals surface area contributed by atoms with E-state index < -0.39 is 0 Å². The number of benzene rings is 1. The molecule has 1 aliphatic heterocycles. The van der Waals surface area contributed by atoms with Crippen molar-refractivity contribution in [1.82, 2.24) is 15.1 Å². The summed E-state index contributed by atoms with van der Waals surface area (Å²) in [7, 11) is 5.20. The number of piperidine rings is 1. The van der Waals surface area contributed by atoms with Crippen LogP contribution in [0, 0.1) is 5.92 Å². The maximum Gasteiger partial charge on any atom is 0.241 e. The normalized spacial score (nSPS) is 17.7. The molecule has 8 heteroatoms. The van der Waals surface area contributed by atoms with Crippen molar-refractivity contribution >= 4 is 35.8 Å². The lowest BCUT2D eigenvalue weighted by atomic mass is 10.1. The molecule has 180 valence electrons. The molecule has 1 aromatic rings. The van der Waals surface area contributed by atoms with Crippen LogP contribution in [0.25, 0.3) is 0 Å². The molecule has 2 aliphatic rings. The van der Waals surface area contributed by atoms with Gasteiger partial charge in [0.1, 0.15) is 5.75 Å². The van der Waals surface area contributed by atoms with E-state index in [4.69, 9.17) is 14.5 Å². The minimum Gasteiger partial charge on any atom is -0.497 e. The van der Waals surface area contributed by atoms with E-state index >= 15 is 0 Å². The van der Waals surface area contributed by atoms with Crippen LogP contribution in [0.3, 0.4) is 0 Å². The lowest BCUT2D eigenvalue weighted by Crippen LogP contribution is -2.49. The van der Waals surface area contributed by atoms with E-state index in [-0.39, 0.29) is 36.4 Å². The van der Waals surface area contributed by atoms with E-state index in [9.17, 15) is 4.79 Å². The van der Waals surface area contributed by atoms with Gasteiger partial charge in [-0.15, -0.1) is 24.0 Å². The van der Waals surface area contributed by atoms with Gasteiger partial charge < -0.3 is 24.6 Å². The molecular weight excluding hydrogens is 519 g/mol. The number of nitrogens with zero attached hydrogens (tertiary/aromatic N) is 3. The minimum atomic E-state index is 0. The number of hydrogen-bond donors (Lipinski definition) is 1. The number of likely N-dealkylation sites (tertiary alicyclic amines) is 1. The Morgan fingerprint density at radius 3 is 2.38 bits per heavy atom. The molecule has 1 aromatic carbocycles. The molecule has 1 aliphatic carbocycles. The quantitative estimate of drug-likeness (QED) is 0.301. The number of guanidine groups is 1. The first kappa shape index (κ1) is 26.7. The number of nitrogens with one attached hydrogen (secondary N) is 1. The highest BCUT2D eigenvalue weighted by Crippen LogP contribution is 2.26. The Bertz CT molecular complexity index is 712. The Hall–Kier alpha value is -1.55. The molecule has 32 heavy (non-hydrogen) atoms. The standard InChI is InChI=1S/C24H38N4O3.HI/c1-27(2)23(29)17-26-24(25-16-19-8-10-21(30-3)11-9-19)28-14-12-22(13-15-28)31-18-20-6-4-5-7-20;/h8-11,20,22H,4-7,12-18H2,1-3H3,(H,25,26);1H. The lowest BCUT2D eigenvalue weighted by Gasteiger charge is -2.34. The van der Waals surface area contributed by atoms with Crippen LogP contribution in [0.15, 0.2) is 29.3 Å². The van der Waals surface area contributed by atoms with Gasteiger partial charge in [-0.05, 0) is 49.3 Å². The molecule has 1 N–H and O–H groups in total. The summed E-state index contributed by atoms with van der Waals surface area (Å²) in [6, 6.07) is 7.93. The molecule has 1 saturated heterocycles. The van der Waals surface area contributed by atoms with Crippen molar-refractivity contribution in [3.05, 3.63) is 29.8 Å². The van der Waals surface area contributed by atoms with Crippen LogP contribution >= 0.6 is 24.0 Å². The van der Waals surface area contributed by atoms with Crippen molar-refractivity contribution in [3.63, 3.8) is 0 Å². The first-order valence-corrected chi connectivity index (χ1v) is 11.5. The third-order valence-electron chi connectivity index (χ3n) is 6.25. The zero-order chi connectivity index (χ0) is 22.1. The van der Waals surface area contributed by atoms with Gasteiger partial charge in [-0.3, -0.25) is 4.79 Å². The Kier molecular flexibility index (Phi) is 11.6. The Morgan fingerprint density at radius 2 is 1.78 bits per heavy atom. The summed E-state index contributed by atoms with van der Waals surface area (Å²) in [6.45, 7) is 3.49. The number of likely N-dealkylation sites (N-methyl/N-ethyl adjacent to an activating group) is 1. The van der Waals surface area contributed by atoms with Crippen molar-refractivity contribution in [2.75, 3.05) is 47.4 Å². The van der Waals surface area contributed by atoms with Crippen LogP contribution in [0.1, 0.15) is 44.1 Å². The third kappa shape index (κ3) is 8.42. The SMILES string of the molecule is COc1ccc(CN=C(NCC(=O)N(C)C)N2CCC(OCC3CCCC3)CC2)cc1.I. The second-order valence-electron chi connectivity index (χ2n) is 8.80. The molecule has 7 nitrogen and oxygen atoms in total. The van der Waals surface area contributed by atoms with Crippen molar-refractivity contribution in [3.8, 4) is 5.75 Å². The monoisotopic (exact) mass is 558 g/mol. The lowest BCUT2D eigenvalue weighted by molar-refractivity contribution is -0.127. The molecule has 1 saturated carbocycles. The van der Waals surface area contributed by atoms with Crippen LogP contribution in [0.2, 0.25) is 0 Å². The Balaban J connectivity index is 0.00000363. The molecule has 1 amide bonds. The highest BCUT2D eigenvalue weighted by Gasteiger charge is 2.24. The molecular formula is C24H39IN4O3. The number of aliphatic imine (C=N–C) groups is 1. The van der Waals surface area contributed by atoms with Gasteiger partial charge in [-0.25, -0.2) is 4.99 Å². The second kappa shape index (κ2) is 13.9. The van der Waals surface area contributed by atoms with Crippen molar-refractivity contribution in [2.45, 2.75) is 51.2 Å². The maximum absolute atomic E-state index is 12.1. The number of carbonyl (C=O) groups is 1. The van der Waals surface area contributed by atoms with Gasteiger partial charge in [-0.2, -0.15) is 0 Å². The fourth-order valence-electron chi connectivity index (χ4n) is 4.16. The number of methoxy groups -OCH3 is 1. The molecule has 0 bridgehead atoms. The van der Waals surface area contributed by atoms with Crippen molar-refractivity contribution in [1.29, 1.82) is 0 Å². The molecule has 0 atom stereocenters. The summed E-state index contributed by atoms with van der Waals surface area (Å²) in [4.78, 5) is 20.8. The highest BCUT2D eigenvalue weighted by atomic mass is 127. The number of amides is 1. The summed E-state index contributed by atoms with van der Waals surface area (Å²) in [6.07, 6.45) is 7.70. The number of carbonyl (C=O) groups excluding carboxylic acids is 1.